The van der Waals surface area contributed by atoms with E-state index in [4.69, 9.17) is 10.5 Å². The monoisotopic (exact) mass is 265 g/mol. The number of hydrogen-bond donors (Lipinski definition) is 3. The molecule has 2 rings (SSSR count). The van der Waals surface area contributed by atoms with E-state index >= 15 is 0 Å². The van der Waals surface area contributed by atoms with Gasteiger partial charge in [-0.3, -0.25) is 4.79 Å². The molecule has 0 spiro atoms. The number of nitrogens with two attached hydrogens (primary N) is 1. The van der Waals surface area contributed by atoms with Gasteiger partial charge in [-0.2, -0.15) is 0 Å². The highest BCUT2D eigenvalue weighted by Crippen LogP contribution is 2.26. The Balaban J connectivity index is 2.40. The third-order valence-corrected chi connectivity index (χ3v) is 3.19. The van der Waals surface area contributed by atoms with Gasteiger partial charge in [0.25, 0.3) is 5.91 Å². The van der Waals surface area contributed by atoms with E-state index in [1.165, 1.54) is 6.20 Å². The van der Waals surface area contributed by atoms with Crippen molar-refractivity contribution >= 4 is 17.7 Å². The summed E-state index contributed by atoms with van der Waals surface area (Å²) in [5.41, 5.74) is 4.90. The van der Waals surface area contributed by atoms with Crippen LogP contribution in [0.25, 0.3) is 0 Å². The molecule has 0 saturated carbocycles. The van der Waals surface area contributed by atoms with Crippen LogP contribution >= 0.6 is 0 Å². The van der Waals surface area contributed by atoms with Gasteiger partial charge in [0.2, 0.25) is 0 Å². The molecule has 1 aromatic heterocycles. The number of carbonyl (C=O) groups is 2. The average Bonchev–Trinajstić information content (AvgIpc) is 2.78. The lowest BCUT2D eigenvalue weighted by Crippen LogP contribution is -2.47. The van der Waals surface area contributed by atoms with Crippen LogP contribution in [0.3, 0.4) is 0 Å². The van der Waals surface area contributed by atoms with Gasteiger partial charge in [0, 0.05) is 19.2 Å². The molecule has 7 nitrogen and oxygen atoms in total. The highest BCUT2D eigenvalue weighted by atomic mass is 16.5. The minimum atomic E-state index is -1.26. The van der Waals surface area contributed by atoms with Crippen LogP contribution in [0.1, 0.15) is 22.3 Å². The number of anilines is 1. The lowest BCUT2D eigenvalue weighted by molar-refractivity contribution is -0.142. The Morgan fingerprint density at radius 1 is 1.58 bits per heavy atom. The number of nitrogens with zero attached hydrogens (tertiary/aromatic N) is 1. The SMILES string of the molecule is Cc1ccnc(NC2(C(=O)O)CCOC2)c1C(N)=O. The Bertz CT molecular complexity index is 524. The predicted molar refractivity (Wildman–Crippen MR) is 66.9 cm³/mol. The minimum absolute atomic E-state index is 0.0240. The van der Waals surface area contributed by atoms with E-state index in [1.54, 1.807) is 13.0 Å². The van der Waals surface area contributed by atoms with Crippen LogP contribution in [0, 0.1) is 6.92 Å². The number of primary amides is 1. The molecule has 1 unspecified atom stereocenters. The van der Waals surface area contributed by atoms with Crippen molar-refractivity contribution in [3.63, 3.8) is 0 Å². The highest BCUT2D eigenvalue weighted by Gasteiger charge is 2.43. The molecular weight excluding hydrogens is 250 g/mol. The number of amides is 1. The normalized spacial score (nSPS) is 22.2. The second-order valence-corrected chi connectivity index (χ2v) is 4.53. The lowest BCUT2D eigenvalue weighted by atomic mass is 9.98. The third-order valence-electron chi connectivity index (χ3n) is 3.19. The second kappa shape index (κ2) is 4.85. The number of carboxylic acids is 1. The van der Waals surface area contributed by atoms with Crippen LogP contribution in [0.15, 0.2) is 12.3 Å². The van der Waals surface area contributed by atoms with Gasteiger partial charge in [0.05, 0.1) is 12.2 Å². The van der Waals surface area contributed by atoms with Crippen molar-refractivity contribution in [2.24, 2.45) is 5.73 Å². The van der Waals surface area contributed by atoms with Gasteiger partial charge in [-0.05, 0) is 18.6 Å². The topological polar surface area (TPSA) is 115 Å². The van der Waals surface area contributed by atoms with Gasteiger partial charge in [0.1, 0.15) is 5.82 Å². The first-order valence-corrected chi connectivity index (χ1v) is 5.81. The molecule has 7 heteroatoms. The Hall–Kier alpha value is -2.15. The maximum Gasteiger partial charge on any atom is 0.331 e. The van der Waals surface area contributed by atoms with Crippen molar-refractivity contribution < 1.29 is 19.4 Å². The number of rotatable bonds is 4. The van der Waals surface area contributed by atoms with E-state index in [9.17, 15) is 14.7 Å². The van der Waals surface area contributed by atoms with Crippen LogP contribution in [0.5, 0.6) is 0 Å². The van der Waals surface area contributed by atoms with Crippen molar-refractivity contribution in [3.8, 4) is 0 Å². The molecule has 0 radical (unpaired) electrons. The zero-order valence-corrected chi connectivity index (χ0v) is 10.5. The van der Waals surface area contributed by atoms with Crippen molar-refractivity contribution in [2.45, 2.75) is 18.9 Å². The lowest BCUT2D eigenvalue weighted by Gasteiger charge is -2.25. The molecule has 1 aliphatic heterocycles. The fraction of sp³-hybridized carbons (Fsp3) is 0.417. The quantitative estimate of drug-likeness (QED) is 0.713. The summed E-state index contributed by atoms with van der Waals surface area (Å²) in [6.07, 6.45) is 1.80. The van der Waals surface area contributed by atoms with E-state index in [0.29, 0.717) is 18.6 Å². The predicted octanol–water partition coefficient (Wildman–Crippen LogP) is 0.145. The molecule has 102 valence electrons. The molecule has 1 amide bonds. The van der Waals surface area contributed by atoms with Gasteiger partial charge >= 0.3 is 5.97 Å². The van der Waals surface area contributed by atoms with E-state index in [2.05, 4.69) is 10.3 Å². The van der Waals surface area contributed by atoms with Gasteiger partial charge in [-0.25, -0.2) is 9.78 Å². The summed E-state index contributed by atoms with van der Waals surface area (Å²) in [5, 5.41) is 12.1. The summed E-state index contributed by atoms with van der Waals surface area (Å²) in [4.78, 5) is 26.9. The molecule has 19 heavy (non-hydrogen) atoms. The standard InChI is InChI=1S/C12H15N3O4/c1-7-2-4-14-10(8(7)9(13)16)15-12(11(17)18)3-5-19-6-12/h2,4H,3,5-6H2,1H3,(H2,13,16)(H,14,15)(H,17,18). The molecule has 1 aromatic rings. The van der Waals surface area contributed by atoms with E-state index in [-0.39, 0.29) is 18.0 Å². The summed E-state index contributed by atoms with van der Waals surface area (Å²) in [6.45, 7) is 2.08. The van der Waals surface area contributed by atoms with Crippen LogP contribution < -0.4 is 11.1 Å². The number of ether oxygens (including phenoxy) is 1. The van der Waals surface area contributed by atoms with Crippen LogP contribution in [-0.2, 0) is 9.53 Å². The number of aliphatic carboxylic acids is 1. The number of hydrogen-bond acceptors (Lipinski definition) is 5. The van der Waals surface area contributed by atoms with Crippen molar-refractivity contribution in [2.75, 3.05) is 18.5 Å². The molecule has 0 aliphatic carbocycles. The first-order valence-electron chi connectivity index (χ1n) is 5.81. The molecule has 1 aliphatic rings. The summed E-state index contributed by atoms with van der Waals surface area (Å²) in [6, 6.07) is 1.64. The van der Waals surface area contributed by atoms with Crippen LogP contribution in [-0.4, -0.2) is 40.7 Å². The number of carbonyl (C=O) groups excluding carboxylic acids is 1. The number of carboxylic acid groups (broad SMARTS) is 1. The molecule has 0 aromatic carbocycles. The van der Waals surface area contributed by atoms with Crippen molar-refractivity contribution in [1.82, 2.24) is 4.98 Å². The number of aromatic nitrogens is 1. The minimum Gasteiger partial charge on any atom is -0.479 e. The van der Waals surface area contributed by atoms with Gasteiger partial charge < -0.3 is 20.9 Å². The number of nitrogens with one attached hydrogen (secondary N) is 1. The average molecular weight is 265 g/mol. The summed E-state index contributed by atoms with van der Waals surface area (Å²) in [7, 11) is 0. The smallest absolute Gasteiger partial charge is 0.331 e. The Morgan fingerprint density at radius 2 is 2.32 bits per heavy atom. The highest BCUT2D eigenvalue weighted by molar-refractivity contribution is 5.99. The van der Waals surface area contributed by atoms with Gasteiger partial charge in [-0.15, -0.1) is 0 Å². The largest absolute Gasteiger partial charge is 0.479 e. The molecule has 1 fully saturated rings. The molecule has 1 saturated heterocycles. The Morgan fingerprint density at radius 3 is 2.84 bits per heavy atom. The fourth-order valence-corrected chi connectivity index (χ4v) is 2.08. The summed E-state index contributed by atoms with van der Waals surface area (Å²) >= 11 is 0. The number of aryl methyl sites for hydroxylation is 1. The molecule has 4 N–H and O–H groups in total. The third kappa shape index (κ3) is 2.37. The Kier molecular flexibility index (Phi) is 3.39. The maximum absolute atomic E-state index is 11.5. The molecule has 2 heterocycles. The molecule has 0 bridgehead atoms. The first-order chi connectivity index (χ1) is 8.96. The van der Waals surface area contributed by atoms with E-state index < -0.39 is 17.4 Å². The van der Waals surface area contributed by atoms with E-state index in [0.717, 1.165) is 0 Å². The summed E-state index contributed by atoms with van der Waals surface area (Å²) < 4.78 is 5.14. The first kappa shape index (κ1) is 13.3. The zero-order chi connectivity index (χ0) is 14.0. The molecule has 1 atom stereocenters. The van der Waals surface area contributed by atoms with Crippen LogP contribution in [0.2, 0.25) is 0 Å². The van der Waals surface area contributed by atoms with Crippen molar-refractivity contribution in [1.29, 1.82) is 0 Å². The van der Waals surface area contributed by atoms with Crippen LogP contribution in [0.4, 0.5) is 5.82 Å². The van der Waals surface area contributed by atoms with E-state index in [1.807, 2.05) is 0 Å². The Labute approximate surface area is 109 Å². The summed E-state index contributed by atoms with van der Waals surface area (Å²) in [5.74, 6) is -1.50. The maximum atomic E-state index is 11.5. The second-order valence-electron chi connectivity index (χ2n) is 4.53. The van der Waals surface area contributed by atoms with Crippen molar-refractivity contribution in [3.05, 3.63) is 23.4 Å². The number of pyridine rings is 1. The van der Waals surface area contributed by atoms with Gasteiger partial charge in [-0.1, -0.05) is 0 Å². The zero-order valence-electron chi connectivity index (χ0n) is 10.5. The fourth-order valence-electron chi connectivity index (χ4n) is 2.08. The molecular formula is C12H15N3O4. The van der Waals surface area contributed by atoms with Gasteiger partial charge in [0.15, 0.2) is 5.54 Å².